The molecule has 14 heavy (non-hydrogen) atoms. The third kappa shape index (κ3) is 2.23. The number of aliphatic hydroxyl groups excluding tert-OH is 2. The Balaban J connectivity index is 5.03. The van der Waals surface area contributed by atoms with Gasteiger partial charge >= 0.3 is 5.97 Å². The molecule has 0 aliphatic rings. The molecule has 5 N–H and O–H groups in total. The zero-order valence-corrected chi connectivity index (χ0v) is 9.26. The van der Waals surface area contributed by atoms with Crippen LogP contribution in [-0.2, 0) is 4.79 Å². The van der Waals surface area contributed by atoms with E-state index in [-0.39, 0.29) is 0 Å². The quantitative estimate of drug-likeness (QED) is 0.404. The Kier molecular flexibility index (Phi) is 4.05. The fraction of sp³-hybridized carbons (Fsp3) is 0.857. The van der Waals surface area contributed by atoms with Crippen LogP contribution in [0.3, 0.4) is 0 Å². The fourth-order valence-corrected chi connectivity index (χ4v) is 1.12. The van der Waals surface area contributed by atoms with E-state index >= 15 is 0 Å². The molecule has 0 saturated heterocycles. The van der Waals surface area contributed by atoms with Gasteiger partial charge in [-0.25, -0.2) is 4.79 Å². The van der Waals surface area contributed by atoms with Crippen molar-refractivity contribution in [3.63, 3.8) is 0 Å². The predicted molar refractivity (Wildman–Crippen MR) is 49.8 cm³/mol. The molecule has 0 rings (SSSR count). The van der Waals surface area contributed by atoms with Crippen molar-refractivity contribution in [1.29, 1.82) is 0 Å². The highest BCUT2D eigenvalue weighted by Gasteiger charge is 2.55. The maximum Gasteiger partial charge on any atom is 0.350 e. The summed E-state index contributed by atoms with van der Waals surface area (Å²) in [5, 5.41) is 45.7. The van der Waals surface area contributed by atoms with E-state index in [1.807, 2.05) is 0 Å². The minimum absolute atomic E-state index is 0.896. The number of hydrogen-bond acceptors (Lipinski definition) is 5. The van der Waals surface area contributed by atoms with Crippen LogP contribution in [0.1, 0.15) is 13.8 Å². The first-order chi connectivity index (χ1) is 6.05. The molecule has 84 valence electrons. The summed E-state index contributed by atoms with van der Waals surface area (Å²) in [5.41, 5.74) is -2.42. The Bertz CT molecular complexity index is 224. The normalized spacial score (nSPS) is 24.5. The number of carboxylic acid groups (broad SMARTS) is 1. The lowest BCUT2D eigenvalue weighted by Crippen LogP contribution is -2.62. The van der Waals surface area contributed by atoms with E-state index in [4.69, 9.17) is 10.2 Å². The van der Waals surface area contributed by atoms with E-state index in [1.165, 1.54) is 0 Å². The van der Waals surface area contributed by atoms with Crippen LogP contribution in [0.2, 0.25) is 0 Å². The number of rotatable bonds is 4. The fourth-order valence-electron chi connectivity index (χ4n) is 0.882. The molecule has 0 bridgehead atoms. The molecule has 0 aliphatic heterocycles. The van der Waals surface area contributed by atoms with Gasteiger partial charge in [-0.1, -0.05) is 0 Å². The second kappa shape index (κ2) is 4.11. The SMILES string of the molecule is C[C@@H](O)[C@@H](O)[C@](C)(O)[C@@](O)(Br)C(=O)O. The van der Waals surface area contributed by atoms with Gasteiger partial charge in [0.05, 0.1) is 6.10 Å². The lowest BCUT2D eigenvalue weighted by molar-refractivity contribution is -0.194. The maximum atomic E-state index is 10.5. The zero-order valence-electron chi connectivity index (χ0n) is 7.68. The van der Waals surface area contributed by atoms with Crippen LogP contribution in [0.15, 0.2) is 0 Å². The number of carbonyl (C=O) groups is 1. The summed E-state index contributed by atoms with van der Waals surface area (Å²) in [5.74, 6) is -1.76. The van der Waals surface area contributed by atoms with Crippen LogP contribution < -0.4 is 0 Å². The van der Waals surface area contributed by atoms with Crippen LogP contribution >= 0.6 is 15.9 Å². The first-order valence-corrected chi connectivity index (χ1v) is 4.57. The Morgan fingerprint density at radius 2 is 1.71 bits per heavy atom. The summed E-state index contributed by atoms with van der Waals surface area (Å²) in [6.07, 6.45) is -3.18. The Labute approximate surface area is 88.9 Å². The minimum atomic E-state index is -2.73. The van der Waals surface area contributed by atoms with Gasteiger partial charge in [0.1, 0.15) is 11.7 Å². The molecule has 6 nitrogen and oxygen atoms in total. The molecule has 0 unspecified atom stereocenters. The zero-order chi connectivity index (χ0) is 11.7. The Morgan fingerprint density at radius 3 is 1.93 bits per heavy atom. The highest BCUT2D eigenvalue weighted by atomic mass is 79.9. The summed E-state index contributed by atoms with van der Waals surface area (Å²) < 4.78 is -2.73. The average molecular weight is 273 g/mol. The molecule has 0 aromatic heterocycles. The van der Waals surface area contributed by atoms with Crippen LogP contribution in [0.4, 0.5) is 0 Å². The molecule has 0 radical (unpaired) electrons. The van der Waals surface area contributed by atoms with Crippen LogP contribution in [-0.4, -0.2) is 53.8 Å². The highest BCUT2D eigenvalue weighted by Crippen LogP contribution is 2.33. The van der Waals surface area contributed by atoms with Gasteiger partial charge in [0, 0.05) is 0 Å². The van der Waals surface area contributed by atoms with E-state index in [0.29, 0.717) is 0 Å². The molecule has 0 heterocycles. The largest absolute Gasteiger partial charge is 0.478 e. The summed E-state index contributed by atoms with van der Waals surface area (Å²) >= 11 is 2.37. The van der Waals surface area contributed by atoms with Gasteiger partial charge in [0.2, 0.25) is 4.51 Å². The topological polar surface area (TPSA) is 118 Å². The lowest BCUT2D eigenvalue weighted by atomic mass is 9.89. The molecule has 0 amide bonds. The van der Waals surface area contributed by atoms with E-state index in [9.17, 15) is 20.1 Å². The number of alkyl halides is 1. The summed E-state index contributed by atoms with van der Waals surface area (Å²) in [4.78, 5) is 10.5. The van der Waals surface area contributed by atoms with Crippen LogP contribution in [0.25, 0.3) is 0 Å². The summed E-state index contributed by atoms with van der Waals surface area (Å²) in [7, 11) is 0. The molecule has 0 aromatic carbocycles. The smallest absolute Gasteiger partial charge is 0.350 e. The molecule has 0 fully saturated rings. The van der Waals surface area contributed by atoms with E-state index < -0.39 is 28.3 Å². The Morgan fingerprint density at radius 1 is 1.36 bits per heavy atom. The van der Waals surface area contributed by atoms with Crippen molar-refractivity contribution in [3.05, 3.63) is 0 Å². The van der Waals surface area contributed by atoms with Gasteiger partial charge in [-0.15, -0.1) is 0 Å². The van der Waals surface area contributed by atoms with Crippen molar-refractivity contribution >= 4 is 21.9 Å². The van der Waals surface area contributed by atoms with Crippen LogP contribution in [0.5, 0.6) is 0 Å². The molecule has 7 heteroatoms. The average Bonchev–Trinajstić information content (AvgIpc) is 2.01. The van der Waals surface area contributed by atoms with Gasteiger partial charge in [0.15, 0.2) is 0 Å². The lowest BCUT2D eigenvalue weighted by Gasteiger charge is -2.38. The van der Waals surface area contributed by atoms with E-state index in [0.717, 1.165) is 13.8 Å². The van der Waals surface area contributed by atoms with Gasteiger partial charge in [-0.3, -0.25) is 0 Å². The van der Waals surface area contributed by atoms with Crippen molar-refractivity contribution < 1.29 is 30.3 Å². The first-order valence-electron chi connectivity index (χ1n) is 3.78. The number of aliphatic hydroxyl groups is 4. The summed E-state index contributed by atoms with van der Waals surface area (Å²) in [6.45, 7) is 2.05. The second-order valence-electron chi connectivity index (χ2n) is 3.26. The Hall–Kier alpha value is -0.210. The minimum Gasteiger partial charge on any atom is -0.478 e. The van der Waals surface area contributed by atoms with Crippen molar-refractivity contribution in [2.24, 2.45) is 0 Å². The highest BCUT2D eigenvalue weighted by molar-refractivity contribution is 9.10. The summed E-state index contributed by atoms with van der Waals surface area (Å²) in [6, 6.07) is 0. The molecule has 0 aliphatic carbocycles. The predicted octanol–water partition coefficient (Wildman–Crippen LogP) is -1.35. The third-order valence-corrected chi connectivity index (χ3v) is 3.13. The number of carboxylic acids is 1. The molecular weight excluding hydrogens is 260 g/mol. The molecule has 0 aromatic rings. The van der Waals surface area contributed by atoms with Crippen molar-refractivity contribution in [2.75, 3.05) is 0 Å². The van der Waals surface area contributed by atoms with Crippen LogP contribution in [0, 0.1) is 0 Å². The number of halogens is 1. The molecule has 0 spiro atoms. The first kappa shape index (κ1) is 13.8. The third-order valence-electron chi connectivity index (χ3n) is 1.99. The number of hydrogen-bond donors (Lipinski definition) is 5. The number of aliphatic carboxylic acids is 1. The van der Waals surface area contributed by atoms with E-state index in [1.54, 1.807) is 0 Å². The van der Waals surface area contributed by atoms with Gasteiger partial charge in [-0.05, 0) is 29.8 Å². The van der Waals surface area contributed by atoms with Crippen molar-refractivity contribution in [1.82, 2.24) is 0 Å². The molecule has 0 saturated carbocycles. The molecule has 4 atom stereocenters. The molecular formula is C7H13BrO6. The van der Waals surface area contributed by atoms with Gasteiger partial charge in [0.25, 0.3) is 0 Å². The maximum absolute atomic E-state index is 10.5. The van der Waals surface area contributed by atoms with Crippen molar-refractivity contribution in [2.45, 2.75) is 36.2 Å². The van der Waals surface area contributed by atoms with Crippen molar-refractivity contribution in [3.8, 4) is 0 Å². The van der Waals surface area contributed by atoms with Gasteiger partial charge in [-0.2, -0.15) is 0 Å². The second-order valence-corrected chi connectivity index (χ2v) is 4.41. The standard InChI is InChI=1S/C7H13BrO6/c1-3(9)4(10)6(2,13)7(8,14)5(11)12/h3-4,9-10,13-14H,1-2H3,(H,11,12)/t3-,4-,6+,7-/m1/s1. The van der Waals surface area contributed by atoms with Gasteiger partial charge < -0.3 is 25.5 Å². The monoisotopic (exact) mass is 272 g/mol. The van der Waals surface area contributed by atoms with E-state index in [2.05, 4.69) is 15.9 Å².